The molecule has 0 aliphatic rings. The van der Waals surface area contributed by atoms with E-state index in [1.807, 2.05) is 44.2 Å². The molecule has 0 saturated carbocycles. The molecule has 0 aliphatic carbocycles. The smallest absolute Gasteiger partial charge is 0.206 e. The van der Waals surface area contributed by atoms with Crippen molar-refractivity contribution in [2.45, 2.75) is 24.1 Å². The molecule has 0 saturated heterocycles. The fourth-order valence-corrected chi connectivity index (χ4v) is 5.67. The van der Waals surface area contributed by atoms with Crippen LogP contribution in [-0.2, 0) is 10.0 Å². The average molecular weight is 374 g/mol. The largest absolute Gasteiger partial charge is 0.251 e. The summed E-state index contributed by atoms with van der Waals surface area (Å²) in [6.07, 6.45) is 0. The van der Waals surface area contributed by atoms with Gasteiger partial charge in [0.05, 0.1) is 0 Å². The van der Waals surface area contributed by atoms with Gasteiger partial charge in [-0.15, -0.1) is 11.3 Å². The Balaban J connectivity index is 2.32. The summed E-state index contributed by atoms with van der Waals surface area (Å²) in [5, 5.41) is 1.76. The molecule has 1 atom stereocenters. The zero-order chi connectivity index (χ0) is 14.8. The zero-order valence-corrected chi connectivity index (χ0v) is 14.4. The molecule has 3 nitrogen and oxygen atoms in total. The Morgan fingerprint density at radius 3 is 2.30 bits per heavy atom. The third kappa shape index (κ3) is 3.49. The summed E-state index contributed by atoms with van der Waals surface area (Å²) in [5.74, 6) is 0.158. The monoisotopic (exact) mass is 373 g/mol. The highest BCUT2D eigenvalue weighted by Crippen LogP contribution is 2.30. The van der Waals surface area contributed by atoms with Crippen LogP contribution >= 0.6 is 27.3 Å². The summed E-state index contributed by atoms with van der Waals surface area (Å²) in [5.41, 5.74) is 0.971. The van der Waals surface area contributed by atoms with Crippen LogP contribution < -0.4 is 4.72 Å². The van der Waals surface area contributed by atoms with E-state index in [2.05, 4.69) is 20.7 Å². The van der Waals surface area contributed by atoms with Gasteiger partial charge in [0, 0.05) is 10.5 Å². The van der Waals surface area contributed by atoms with Gasteiger partial charge in [0.1, 0.15) is 4.21 Å². The van der Waals surface area contributed by atoms with Gasteiger partial charge in [-0.3, -0.25) is 0 Å². The molecule has 1 N–H and O–H groups in total. The van der Waals surface area contributed by atoms with Crippen LogP contribution in [-0.4, -0.2) is 8.42 Å². The predicted octanol–water partition coefficient (Wildman–Crippen LogP) is 4.19. The number of hydrogen-bond acceptors (Lipinski definition) is 3. The summed E-state index contributed by atoms with van der Waals surface area (Å²) in [6.45, 7) is 4.01. The molecule has 1 heterocycles. The normalized spacial score (nSPS) is 13.6. The Morgan fingerprint density at radius 2 is 1.80 bits per heavy atom. The first-order chi connectivity index (χ1) is 9.42. The molecule has 2 aromatic rings. The average Bonchev–Trinajstić information content (AvgIpc) is 2.84. The quantitative estimate of drug-likeness (QED) is 0.853. The minimum atomic E-state index is -3.52. The van der Waals surface area contributed by atoms with Crippen molar-refractivity contribution in [2.24, 2.45) is 5.92 Å². The summed E-state index contributed by atoms with van der Waals surface area (Å²) in [4.78, 5) is 0. The Labute approximate surface area is 132 Å². The Kier molecular flexibility index (Phi) is 5.01. The Bertz CT molecular complexity index is 665. The van der Waals surface area contributed by atoms with Crippen LogP contribution in [0.2, 0.25) is 0 Å². The molecule has 1 aromatic carbocycles. The van der Waals surface area contributed by atoms with Crippen molar-refractivity contribution >= 4 is 37.3 Å². The van der Waals surface area contributed by atoms with Crippen molar-refractivity contribution in [3.05, 3.63) is 51.8 Å². The van der Waals surface area contributed by atoms with Crippen molar-refractivity contribution in [3.8, 4) is 0 Å². The fourth-order valence-electron chi connectivity index (χ4n) is 1.94. The third-order valence-corrected chi connectivity index (χ3v) is 7.05. The minimum absolute atomic E-state index is 0.158. The first-order valence-electron chi connectivity index (χ1n) is 6.22. The molecule has 0 bridgehead atoms. The molecular weight excluding hydrogens is 358 g/mol. The lowest BCUT2D eigenvalue weighted by Gasteiger charge is -2.22. The predicted molar refractivity (Wildman–Crippen MR) is 86.4 cm³/mol. The maximum Gasteiger partial charge on any atom is 0.251 e. The second-order valence-electron chi connectivity index (χ2n) is 4.81. The molecule has 0 fully saturated rings. The summed E-state index contributed by atoms with van der Waals surface area (Å²) in [7, 11) is -3.52. The first kappa shape index (κ1) is 15.7. The van der Waals surface area contributed by atoms with Gasteiger partial charge in [-0.25, -0.2) is 13.1 Å². The molecule has 2 rings (SSSR count). The van der Waals surface area contributed by atoms with Crippen LogP contribution in [0.25, 0.3) is 0 Å². The first-order valence-corrected chi connectivity index (χ1v) is 9.37. The maximum atomic E-state index is 12.5. The third-order valence-electron chi connectivity index (χ3n) is 2.94. The highest BCUT2D eigenvalue weighted by Gasteiger charge is 2.26. The van der Waals surface area contributed by atoms with E-state index >= 15 is 0 Å². The van der Waals surface area contributed by atoms with E-state index < -0.39 is 10.0 Å². The van der Waals surface area contributed by atoms with Crippen LogP contribution in [0.15, 0.2) is 50.5 Å². The Hall–Kier alpha value is -0.690. The number of halogens is 1. The fraction of sp³-hybridized carbons (Fsp3) is 0.286. The lowest BCUT2D eigenvalue weighted by molar-refractivity contribution is 0.463. The molecular formula is C14H16BrNO2S2. The van der Waals surface area contributed by atoms with Gasteiger partial charge in [-0.05, 0) is 38.9 Å². The second-order valence-corrected chi connectivity index (χ2v) is 8.49. The van der Waals surface area contributed by atoms with Gasteiger partial charge < -0.3 is 0 Å². The van der Waals surface area contributed by atoms with Crippen molar-refractivity contribution < 1.29 is 8.42 Å². The molecule has 1 aromatic heterocycles. The van der Waals surface area contributed by atoms with Gasteiger partial charge in [-0.1, -0.05) is 44.2 Å². The van der Waals surface area contributed by atoms with Crippen molar-refractivity contribution in [1.29, 1.82) is 0 Å². The van der Waals surface area contributed by atoms with Gasteiger partial charge in [-0.2, -0.15) is 0 Å². The molecule has 20 heavy (non-hydrogen) atoms. The Morgan fingerprint density at radius 1 is 1.15 bits per heavy atom. The van der Waals surface area contributed by atoms with E-state index in [9.17, 15) is 8.42 Å². The molecule has 108 valence electrons. The van der Waals surface area contributed by atoms with E-state index in [4.69, 9.17) is 0 Å². The molecule has 0 spiro atoms. The lowest BCUT2D eigenvalue weighted by atomic mass is 9.97. The van der Waals surface area contributed by atoms with Crippen LogP contribution in [0, 0.1) is 5.92 Å². The van der Waals surface area contributed by atoms with Crippen molar-refractivity contribution in [3.63, 3.8) is 0 Å². The van der Waals surface area contributed by atoms with E-state index in [0.717, 1.165) is 5.56 Å². The molecule has 0 radical (unpaired) electrons. The lowest BCUT2D eigenvalue weighted by Crippen LogP contribution is -2.31. The van der Waals surface area contributed by atoms with E-state index in [1.54, 1.807) is 11.4 Å². The van der Waals surface area contributed by atoms with Gasteiger partial charge >= 0.3 is 0 Å². The number of hydrogen-bond donors (Lipinski definition) is 1. The van der Waals surface area contributed by atoms with Gasteiger partial charge in [0.25, 0.3) is 10.0 Å². The summed E-state index contributed by atoms with van der Waals surface area (Å²) >= 11 is 4.48. The van der Waals surface area contributed by atoms with Gasteiger partial charge in [0.15, 0.2) is 0 Å². The molecule has 0 aliphatic heterocycles. The van der Waals surface area contributed by atoms with Crippen molar-refractivity contribution in [2.75, 3.05) is 0 Å². The minimum Gasteiger partial charge on any atom is -0.206 e. The van der Waals surface area contributed by atoms with Crippen LogP contribution in [0.5, 0.6) is 0 Å². The number of sulfonamides is 1. The van der Waals surface area contributed by atoms with Crippen molar-refractivity contribution in [1.82, 2.24) is 4.72 Å². The van der Waals surface area contributed by atoms with Crippen LogP contribution in [0.3, 0.4) is 0 Å². The topological polar surface area (TPSA) is 46.2 Å². The molecule has 0 amide bonds. The van der Waals surface area contributed by atoms with Crippen LogP contribution in [0.4, 0.5) is 0 Å². The highest BCUT2D eigenvalue weighted by atomic mass is 79.9. The van der Waals surface area contributed by atoms with Crippen LogP contribution in [0.1, 0.15) is 25.5 Å². The van der Waals surface area contributed by atoms with E-state index in [1.165, 1.54) is 11.3 Å². The molecule has 1 unspecified atom stereocenters. The van der Waals surface area contributed by atoms with E-state index in [-0.39, 0.29) is 12.0 Å². The van der Waals surface area contributed by atoms with E-state index in [0.29, 0.717) is 8.68 Å². The number of thiophene rings is 1. The zero-order valence-electron chi connectivity index (χ0n) is 11.2. The SMILES string of the molecule is CC(C)C(NS(=O)(=O)c1sccc1Br)c1ccccc1. The number of benzene rings is 1. The maximum absolute atomic E-state index is 12.5. The molecule has 6 heteroatoms. The summed E-state index contributed by atoms with van der Waals surface area (Å²) in [6, 6.07) is 11.1. The second kappa shape index (κ2) is 6.39. The van der Waals surface area contributed by atoms with Gasteiger partial charge in [0.2, 0.25) is 0 Å². The summed E-state index contributed by atoms with van der Waals surface area (Å²) < 4.78 is 28.7. The highest BCUT2D eigenvalue weighted by molar-refractivity contribution is 9.10. The number of nitrogens with one attached hydrogen (secondary N) is 1. The number of rotatable bonds is 5. The standard InChI is InChI=1S/C14H16BrNO2S2/c1-10(2)13(11-6-4-3-5-7-11)16-20(17,18)14-12(15)8-9-19-14/h3-10,13,16H,1-2H3.